The van der Waals surface area contributed by atoms with Crippen molar-refractivity contribution in [2.45, 2.75) is 0 Å². The number of pyridine rings is 3. The minimum atomic E-state index is 0.647. The molecule has 9 rings (SSSR count). The third-order valence-electron chi connectivity index (χ3n) is 9.44. The SMILES string of the molecule is c1ccc(-c2ccc(-c3cc(-c4ccnc(-c5cc(-c6ccccc6)cc(-c6ccccn6)n5)c4)nc(-c4ccc(-c5ccccc5)cc4)n3)cc2)cc1. The summed E-state index contributed by atoms with van der Waals surface area (Å²) in [5, 5.41) is 0. The van der Waals surface area contributed by atoms with Gasteiger partial charge in [-0.2, -0.15) is 0 Å². The summed E-state index contributed by atoms with van der Waals surface area (Å²) in [5.41, 5.74) is 14.3. The Labute approximate surface area is 314 Å². The van der Waals surface area contributed by atoms with E-state index in [1.54, 1.807) is 6.20 Å². The van der Waals surface area contributed by atoms with Gasteiger partial charge in [-0.05, 0) is 75.8 Å². The largest absolute Gasteiger partial charge is 0.255 e. The van der Waals surface area contributed by atoms with Crippen molar-refractivity contribution in [2.24, 2.45) is 0 Å². The lowest BCUT2D eigenvalue weighted by molar-refractivity contribution is 1.18. The number of nitrogens with zero attached hydrogens (tertiary/aromatic N) is 5. The molecule has 0 spiro atoms. The maximum Gasteiger partial charge on any atom is 0.160 e. The molecule has 5 heteroatoms. The van der Waals surface area contributed by atoms with Crippen LogP contribution in [0.2, 0.25) is 0 Å². The minimum absolute atomic E-state index is 0.647. The smallest absolute Gasteiger partial charge is 0.160 e. The van der Waals surface area contributed by atoms with Crippen molar-refractivity contribution < 1.29 is 0 Å². The Kier molecular flexibility index (Phi) is 8.86. The van der Waals surface area contributed by atoms with Crippen LogP contribution >= 0.6 is 0 Å². The van der Waals surface area contributed by atoms with Crippen LogP contribution in [0.3, 0.4) is 0 Å². The van der Waals surface area contributed by atoms with Crippen molar-refractivity contribution in [3.05, 3.63) is 200 Å². The summed E-state index contributed by atoms with van der Waals surface area (Å²) < 4.78 is 0. The summed E-state index contributed by atoms with van der Waals surface area (Å²) in [4.78, 5) is 24.8. The van der Waals surface area contributed by atoms with Gasteiger partial charge in [-0.3, -0.25) is 9.97 Å². The first kappa shape index (κ1) is 32.5. The van der Waals surface area contributed by atoms with Crippen molar-refractivity contribution >= 4 is 0 Å². The summed E-state index contributed by atoms with van der Waals surface area (Å²) in [6, 6.07) is 64.3. The summed E-state index contributed by atoms with van der Waals surface area (Å²) in [5.74, 6) is 0.647. The van der Waals surface area contributed by atoms with Crippen LogP contribution in [0.1, 0.15) is 0 Å². The molecular formula is C49H33N5. The topological polar surface area (TPSA) is 64.5 Å². The Morgan fingerprint density at radius 1 is 0.222 bits per heavy atom. The van der Waals surface area contributed by atoms with Crippen LogP contribution in [-0.4, -0.2) is 24.9 Å². The fourth-order valence-electron chi connectivity index (χ4n) is 6.61. The fraction of sp³-hybridized carbons (Fsp3) is 0. The normalized spacial score (nSPS) is 11.0. The van der Waals surface area contributed by atoms with E-state index in [2.05, 4.69) is 138 Å². The molecule has 4 aromatic heterocycles. The quantitative estimate of drug-likeness (QED) is 0.159. The lowest BCUT2D eigenvalue weighted by Crippen LogP contribution is -1.97. The van der Waals surface area contributed by atoms with Crippen LogP contribution in [0.4, 0.5) is 0 Å². The minimum Gasteiger partial charge on any atom is -0.255 e. The van der Waals surface area contributed by atoms with Crippen LogP contribution in [0.15, 0.2) is 200 Å². The molecule has 0 fully saturated rings. The Balaban J connectivity index is 1.15. The van der Waals surface area contributed by atoms with Crippen molar-refractivity contribution in [3.8, 4) is 90.1 Å². The van der Waals surface area contributed by atoms with Crippen LogP contribution < -0.4 is 0 Å². The van der Waals surface area contributed by atoms with Crippen molar-refractivity contribution in [2.75, 3.05) is 0 Å². The van der Waals surface area contributed by atoms with Crippen LogP contribution in [-0.2, 0) is 0 Å². The standard InChI is InChI=1S/C49H33N5/c1-4-12-34(13-5-1)37-19-23-39(24-20-37)44-33-45(54-49(53-44)40-25-21-38(22-26-40)35-14-6-2-7-15-35)41-27-29-51-46(30-41)48-32-42(36-16-8-3-9-17-36)31-47(52-48)43-18-10-11-28-50-43/h1-33H. The molecule has 0 saturated heterocycles. The molecule has 4 heterocycles. The number of benzene rings is 5. The second-order valence-corrected chi connectivity index (χ2v) is 13.0. The van der Waals surface area contributed by atoms with E-state index >= 15 is 0 Å². The van der Waals surface area contributed by atoms with E-state index in [1.807, 2.05) is 60.8 Å². The van der Waals surface area contributed by atoms with Gasteiger partial charge in [0.15, 0.2) is 5.82 Å². The second-order valence-electron chi connectivity index (χ2n) is 13.0. The first-order chi connectivity index (χ1) is 26.7. The van der Waals surface area contributed by atoms with Gasteiger partial charge in [0.1, 0.15) is 0 Å². The van der Waals surface area contributed by atoms with E-state index in [0.717, 1.165) is 73.1 Å². The van der Waals surface area contributed by atoms with Gasteiger partial charge in [0.2, 0.25) is 0 Å². The third-order valence-corrected chi connectivity index (χ3v) is 9.44. The van der Waals surface area contributed by atoms with Crippen molar-refractivity contribution in [1.82, 2.24) is 24.9 Å². The Bertz CT molecular complexity index is 2500. The van der Waals surface area contributed by atoms with E-state index in [1.165, 1.54) is 11.1 Å². The lowest BCUT2D eigenvalue weighted by Gasteiger charge is -2.12. The predicted octanol–water partition coefficient (Wildman–Crippen LogP) is 12.0. The zero-order valence-corrected chi connectivity index (χ0v) is 29.3. The molecule has 54 heavy (non-hydrogen) atoms. The molecule has 5 nitrogen and oxygen atoms in total. The molecule has 0 bridgehead atoms. The molecule has 0 atom stereocenters. The van der Waals surface area contributed by atoms with Crippen LogP contribution in [0.25, 0.3) is 90.1 Å². The van der Waals surface area contributed by atoms with E-state index in [0.29, 0.717) is 5.82 Å². The first-order valence-electron chi connectivity index (χ1n) is 17.9. The molecule has 0 radical (unpaired) electrons. The summed E-state index contributed by atoms with van der Waals surface area (Å²) >= 11 is 0. The molecule has 0 saturated carbocycles. The molecule has 0 unspecified atom stereocenters. The highest BCUT2D eigenvalue weighted by atomic mass is 14.9. The molecule has 0 aliphatic rings. The van der Waals surface area contributed by atoms with Gasteiger partial charge in [-0.15, -0.1) is 0 Å². The number of rotatable bonds is 8. The van der Waals surface area contributed by atoms with Gasteiger partial charge >= 0.3 is 0 Å². The van der Waals surface area contributed by atoms with Gasteiger partial charge in [-0.1, -0.05) is 146 Å². The highest BCUT2D eigenvalue weighted by Crippen LogP contribution is 2.33. The lowest BCUT2D eigenvalue weighted by atomic mass is 10.0. The van der Waals surface area contributed by atoms with E-state index in [9.17, 15) is 0 Å². The van der Waals surface area contributed by atoms with E-state index in [4.69, 9.17) is 19.9 Å². The maximum absolute atomic E-state index is 5.16. The Morgan fingerprint density at radius 2 is 0.667 bits per heavy atom. The van der Waals surface area contributed by atoms with Gasteiger partial charge in [0.05, 0.1) is 34.2 Å². The van der Waals surface area contributed by atoms with Crippen LogP contribution in [0.5, 0.6) is 0 Å². The van der Waals surface area contributed by atoms with Gasteiger partial charge in [0.25, 0.3) is 0 Å². The average Bonchev–Trinajstić information content (AvgIpc) is 3.27. The Morgan fingerprint density at radius 3 is 1.24 bits per heavy atom. The molecule has 254 valence electrons. The van der Waals surface area contributed by atoms with Gasteiger partial charge in [-0.25, -0.2) is 15.0 Å². The van der Waals surface area contributed by atoms with E-state index < -0.39 is 0 Å². The average molecular weight is 692 g/mol. The van der Waals surface area contributed by atoms with Crippen molar-refractivity contribution in [1.29, 1.82) is 0 Å². The zero-order chi connectivity index (χ0) is 36.1. The number of hydrogen-bond donors (Lipinski definition) is 0. The van der Waals surface area contributed by atoms with Crippen molar-refractivity contribution in [3.63, 3.8) is 0 Å². The maximum atomic E-state index is 5.16. The Hall–Kier alpha value is -7.37. The van der Waals surface area contributed by atoms with Gasteiger partial charge in [0, 0.05) is 29.1 Å². The van der Waals surface area contributed by atoms with E-state index in [-0.39, 0.29) is 0 Å². The number of aromatic nitrogens is 5. The predicted molar refractivity (Wildman–Crippen MR) is 219 cm³/mol. The monoisotopic (exact) mass is 691 g/mol. The fourth-order valence-corrected chi connectivity index (χ4v) is 6.61. The highest BCUT2D eigenvalue weighted by Gasteiger charge is 2.15. The molecule has 5 aromatic carbocycles. The number of hydrogen-bond acceptors (Lipinski definition) is 5. The summed E-state index contributed by atoms with van der Waals surface area (Å²) in [6.07, 6.45) is 3.62. The molecule has 0 aliphatic heterocycles. The highest BCUT2D eigenvalue weighted by molar-refractivity contribution is 5.79. The van der Waals surface area contributed by atoms with Gasteiger partial charge < -0.3 is 0 Å². The molecule has 0 amide bonds. The molecular weight excluding hydrogens is 659 g/mol. The summed E-state index contributed by atoms with van der Waals surface area (Å²) in [6.45, 7) is 0. The third kappa shape index (κ3) is 6.94. The zero-order valence-electron chi connectivity index (χ0n) is 29.3. The molecule has 0 N–H and O–H groups in total. The first-order valence-corrected chi connectivity index (χ1v) is 17.9. The molecule has 9 aromatic rings. The molecule has 0 aliphatic carbocycles. The van der Waals surface area contributed by atoms with Crippen LogP contribution in [0, 0.1) is 0 Å². The summed E-state index contributed by atoms with van der Waals surface area (Å²) in [7, 11) is 0. The second kappa shape index (κ2) is 14.7.